The maximum Gasteiger partial charge on any atom is 0.217 e. The monoisotopic (exact) mass is 326 g/mol. The van der Waals surface area contributed by atoms with Crippen LogP contribution in [-0.2, 0) is 4.79 Å². The Labute approximate surface area is 139 Å². The van der Waals surface area contributed by atoms with Crippen molar-refractivity contribution in [3.63, 3.8) is 0 Å². The van der Waals surface area contributed by atoms with E-state index in [1.165, 1.54) is 12.1 Å². The van der Waals surface area contributed by atoms with E-state index in [9.17, 15) is 14.4 Å². The Morgan fingerprint density at radius 1 is 1.54 bits per heavy atom. The molecule has 6 heteroatoms. The summed E-state index contributed by atoms with van der Waals surface area (Å²) in [6, 6.07) is 5.04. The van der Waals surface area contributed by atoms with Crippen molar-refractivity contribution in [1.29, 1.82) is 5.26 Å². The number of carbonyl (C=O) groups excluding carboxylic acids is 1. The molecule has 3 rings (SSSR count). The van der Waals surface area contributed by atoms with E-state index in [1.807, 2.05) is 0 Å². The van der Waals surface area contributed by atoms with Gasteiger partial charge in [-0.1, -0.05) is 0 Å². The van der Waals surface area contributed by atoms with E-state index in [4.69, 9.17) is 5.73 Å². The summed E-state index contributed by atoms with van der Waals surface area (Å²) in [4.78, 5) is 17.6. The Kier molecular flexibility index (Phi) is 4.34. The van der Waals surface area contributed by atoms with Crippen LogP contribution in [-0.4, -0.2) is 24.0 Å². The summed E-state index contributed by atoms with van der Waals surface area (Å²) in [6.45, 7) is 3.20. The average Bonchev–Trinajstić information content (AvgIpc) is 2.53. The molecular weight excluding hydrogens is 307 g/mol. The third kappa shape index (κ3) is 3.02. The lowest BCUT2D eigenvalue weighted by Crippen LogP contribution is -2.37. The minimum absolute atomic E-state index is 0.153. The molecule has 2 heterocycles. The Hall–Kier alpha value is -2.68. The largest absolute Gasteiger partial charge is 0.370 e. The van der Waals surface area contributed by atoms with E-state index in [0.29, 0.717) is 35.1 Å². The van der Waals surface area contributed by atoms with Gasteiger partial charge < -0.3 is 10.6 Å². The summed E-state index contributed by atoms with van der Waals surface area (Å²) in [7, 11) is 0. The zero-order valence-electron chi connectivity index (χ0n) is 13.6. The van der Waals surface area contributed by atoms with Crippen molar-refractivity contribution < 1.29 is 9.18 Å². The minimum Gasteiger partial charge on any atom is -0.370 e. The maximum absolute atomic E-state index is 13.9. The smallest absolute Gasteiger partial charge is 0.217 e. The number of nitrogens with zero attached hydrogens (tertiary/aromatic N) is 3. The molecule has 1 fully saturated rings. The molecule has 24 heavy (non-hydrogen) atoms. The predicted octanol–water partition coefficient (Wildman–Crippen LogP) is 2.65. The molecule has 1 aromatic carbocycles. The number of halogens is 1. The molecule has 0 aliphatic carbocycles. The van der Waals surface area contributed by atoms with Crippen LogP contribution in [0.4, 0.5) is 10.1 Å². The lowest BCUT2D eigenvalue weighted by Gasteiger charge is -2.35. The van der Waals surface area contributed by atoms with Gasteiger partial charge in [-0.2, -0.15) is 5.26 Å². The van der Waals surface area contributed by atoms with Crippen molar-refractivity contribution in [2.24, 2.45) is 11.7 Å². The van der Waals surface area contributed by atoms with Crippen molar-refractivity contribution in [2.75, 3.05) is 18.0 Å². The predicted molar refractivity (Wildman–Crippen MR) is 89.9 cm³/mol. The van der Waals surface area contributed by atoms with Gasteiger partial charge >= 0.3 is 0 Å². The zero-order valence-corrected chi connectivity index (χ0v) is 13.6. The number of nitriles is 1. The number of hydrogen-bond acceptors (Lipinski definition) is 4. The molecule has 1 aliphatic heterocycles. The zero-order chi connectivity index (χ0) is 17.3. The van der Waals surface area contributed by atoms with Crippen molar-refractivity contribution in [2.45, 2.75) is 26.2 Å². The number of nitrogens with two attached hydrogens (primary N) is 1. The highest BCUT2D eigenvalue weighted by molar-refractivity contribution is 5.96. The summed E-state index contributed by atoms with van der Waals surface area (Å²) in [5.41, 5.74) is 7.89. The summed E-state index contributed by atoms with van der Waals surface area (Å²) in [6.07, 6.45) is 3.70. The number of aromatic nitrogens is 1. The van der Waals surface area contributed by atoms with Crippen molar-refractivity contribution in [1.82, 2.24) is 4.98 Å². The second-order valence-corrected chi connectivity index (χ2v) is 6.38. The van der Waals surface area contributed by atoms with Gasteiger partial charge in [0.05, 0.1) is 16.8 Å². The molecule has 2 aromatic rings. The summed E-state index contributed by atoms with van der Waals surface area (Å²) in [5.74, 6) is -0.506. The number of piperidine rings is 1. The standard InChI is InChI=1S/C18H19FN4O/c1-11-5-14(19)7-15-17(11)22-9-13(8-20)18(15)23-4-2-3-12(10-23)6-16(21)24/h5,7,9,12H,2-4,6,10H2,1H3,(H2,21,24). The first kappa shape index (κ1) is 16.2. The second kappa shape index (κ2) is 6.44. The van der Waals surface area contributed by atoms with E-state index in [1.54, 1.807) is 13.1 Å². The van der Waals surface area contributed by atoms with Gasteiger partial charge in [0.15, 0.2) is 0 Å². The number of anilines is 1. The minimum atomic E-state index is -0.344. The number of benzene rings is 1. The number of amides is 1. The van der Waals surface area contributed by atoms with E-state index in [2.05, 4.69) is 16.0 Å². The third-order valence-electron chi connectivity index (χ3n) is 4.54. The molecule has 1 atom stereocenters. The molecule has 0 radical (unpaired) electrons. The average molecular weight is 326 g/mol. The molecular formula is C18H19FN4O. The summed E-state index contributed by atoms with van der Waals surface area (Å²) >= 11 is 0. The molecule has 1 saturated heterocycles. The molecule has 124 valence electrons. The lowest BCUT2D eigenvalue weighted by molar-refractivity contribution is -0.118. The Morgan fingerprint density at radius 2 is 2.33 bits per heavy atom. The summed E-state index contributed by atoms with van der Waals surface area (Å²) < 4.78 is 13.9. The first-order chi connectivity index (χ1) is 11.5. The number of pyridine rings is 1. The maximum atomic E-state index is 13.9. The van der Waals surface area contributed by atoms with Gasteiger partial charge in [-0.05, 0) is 43.4 Å². The molecule has 5 nitrogen and oxygen atoms in total. The Morgan fingerprint density at radius 3 is 3.04 bits per heavy atom. The van der Waals surface area contributed by atoms with E-state index in [-0.39, 0.29) is 17.6 Å². The van der Waals surface area contributed by atoms with E-state index in [0.717, 1.165) is 24.9 Å². The van der Waals surface area contributed by atoms with Crippen molar-refractivity contribution in [3.8, 4) is 6.07 Å². The fraction of sp³-hybridized carbons (Fsp3) is 0.389. The van der Waals surface area contributed by atoms with Gasteiger partial charge in [-0.3, -0.25) is 9.78 Å². The van der Waals surface area contributed by atoms with E-state index >= 15 is 0 Å². The number of rotatable bonds is 3. The van der Waals surface area contributed by atoms with Gasteiger partial charge in [-0.25, -0.2) is 4.39 Å². The van der Waals surface area contributed by atoms with Crippen LogP contribution in [0.25, 0.3) is 10.9 Å². The highest BCUT2D eigenvalue weighted by atomic mass is 19.1. The quantitative estimate of drug-likeness (QED) is 0.940. The van der Waals surface area contributed by atoms with Gasteiger partial charge in [0.2, 0.25) is 5.91 Å². The highest BCUT2D eigenvalue weighted by Crippen LogP contribution is 2.34. The van der Waals surface area contributed by atoms with Crippen LogP contribution in [0.2, 0.25) is 0 Å². The third-order valence-corrected chi connectivity index (χ3v) is 4.54. The van der Waals surface area contributed by atoms with Crippen LogP contribution < -0.4 is 10.6 Å². The number of aryl methyl sites for hydroxylation is 1. The second-order valence-electron chi connectivity index (χ2n) is 6.38. The van der Waals surface area contributed by atoms with Crippen molar-refractivity contribution in [3.05, 3.63) is 35.3 Å². The van der Waals surface area contributed by atoms with E-state index < -0.39 is 0 Å². The molecule has 0 spiro atoms. The van der Waals surface area contributed by atoms with Crippen LogP contribution in [0.15, 0.2) is 18.3 Å². The number of hydrogen-bond donors (Lipinski definition) is 1. The fourth-order valence-corrected chi connectivity index (χ4v) is 3.56. The first-order valence-corrected chi connectivity index (χ1v) is 8.01. The van der Waals surface area contributed by atoms with Crippen LogP contribution in [0.5, 0.6) is 0 Å². The fourth-order valence-electron chi connectivity index (χ4n) is 3.56. The molecule has 1 amide bonds. The molecule has 0 bridgehead atoms. The molecule has 2 N–H and O–H groups in total. The van der Waals surface area contributed by atoms with Gasteiger partial charge in [0, 0.05) is 31.1 Å². The van der Waals surface area contributed by atoms with Crippen LogP contribution >= 0.6 is 0 Å². The first-order valence-electron chi connectivity index (χ1n) is 8.01. The van der Waals surface area contributed by atoms with Crippen LogP contribution in [0.1, 0.15) is 30.4 Å². The normalized spacial score (nSPS) is 17.7. The number of carbonyl (C=O) groups is 1. The molecule has 1 unspecified atom stereocenters. The number of fused-ring (bicyclic) bond motifs is 1. The van der Waals surface area contributed by atoms with Gasteiger partial charge in [0.25, 0.3) is 0 Å². The van der Waals surface area contributed by atoms with Crippen LogP contribution in [0, 0.1) is 30.0 Å². The Bertz CT molecular complexity index is 843. The molecule has 1 aliphatic rings. The Balaban J connectivity index is 2.10. The molecule has 0 saturated carbocycles. The SMILES string of the molecule is Cc1cc(F)cc2c(N3CCCC(CC(N)=O)C3)c(C#N)cnc12. The van der Waals surface area contributed by atoms with Gasteiger partial charge in [0.1, 0.15) is 11.9 Å². The topological polar surface area (TPSA) is 83.0 Å². The van der Waals surface area contributed by atoms with Crippen LogP contribution in [0.3, 0.4) is 0 Å². The summed E-state index contributed by atoms with van der Waals surface area (Å²) in [5, 5.41) is 10.1. The van der Waals surface area contributed by atoms with Crippen molar-refractivity contribution >= 4 is 22.5 Å². The number of primary amides is 1. The highest BCUT2D eigenvalue weighted by Gasteiger charge is 2.25. The molecule has 1 aromatic heterocycles. The lowest BCUT2D eigenvalue weighted by atomic mass is 9.93. The van der Waals surface area contributed by atoms with Gasteiger partial charge in [-0.15, -0.1) is 0 Å².